The molecule has 31 heavy (non-hydrogen) atoms. The lowest BCUT2D eigenvalue weighted by molar-refractivity contribution is -0.116. The van der Waals surface area contributed by atoms with Gasteiger partial charge in [-0.05, 0) is 18.2 Å². The van der Waals surface area contributed by atoms with Gasteiger partial charge in [-0.1, -0.05) is 65.8 Å². The molecule has 2 heterocycles. The van der Waals surface area contributed by atoms with Gasteiger partial charge in [0.15, 0.2) is 0 Å². The van der Waals surface area contributed by atoms with Crippen molar-refractivity contribution in [1.29, 1.82) is 0 Å². The molecule has 1 amide bonds. The third kappa shape index (κ3) is 3.66. The van der Waals surface area contributed by atoms with Crippen LogP contribution in [0.3, 0.4) is 0 Å². The fourth-order valence-electron chi connectivity index (χ4n) is 3.32. The van der Waals surface area contributed by atoms with Crippen LogP contribution in [0.15, 0.2) is 88.3 Å². The monoisotopic (exact) mass is 413 g/mol. The number of fused-ring (bicyclic) bond motifs is 1. The minimum Gasteiger partial charge on any atom is -0.403 e. The molecule has 1 aromatic heterocycles. The summed E-state index contributed by atoms with van der Waals surface area (Å²) in [4.78, 5) is 17.5. The zero-order valence-corrected chi connectivity index (χ0v) is 16.1. The van der Waals surface area contributed by atoms with Crippen molar-refractivity contribution in [3.63, 3.8) is 0 Å². The molecule has 7 nitrogen and oxygen atoms in total. The van der Waals surface area contributed by atoms with Crippen molar-refractivity contribution in [3.8, 4) is 11.5 Å². The highest BCUT2D eigenvalue weighted by atomic mass is 19.1. The molecule has 5 rings (SSSR count). The Hall–Kier alpha value is -4.33. The van der Waals surface area contributed by atoms with Gasteiger partial charge in [-0.2, -0.15) is 0 Å². The fourth-order valence-corrected chi connectivity index (χ4v) is 3.32. The highest BCUT2D eigenvalue weighted by Crippen LogP contribution is 2.26. The van der Waals surface area contributed by atoms with E-state index < -0.39 is 12.0 Å². The summed E-state index contributed by atoms with van der Waals surface area (Å²) in [6.45, 7) is 0. The van der Waals surface area contributed by atoms with Crippen molar-refractivity contribution in [2.24, 2.45) is 4.99 Å². The van der Waals surface area contributed by atoms with E-state index in [0.717, 1.165) is 11.1 Å². The van der Waals surface area contributed by atoms with Crippen LogP contribution in [-0.2, 0) is 4.79 Å². The molecule has 0 spiro atoms. The molecule has 0 fully saturated rings. The molecule has 8 heteroatoms. The Morgan fingerprint density at radius 1 is 0.871 bits per heavy atom. The summed E-state index contributed by atoms with van der Waals surface area (Å²) in [6.07, 6.45) is -1.03. The van der Waals surface area contributed by atoms with E-state index in [4.69, 9.17) is 4.42 Å². The second kappa shape index (κ2) is 7.83. The van der Waals surface area contributed by atoms with Gasteiger partial charge in [0.2, 0.25) is 6.17 Å². The van der Waals surface area contributed by atoms with Crippen LogP contribution in [-0.4, -0.2) is 28.0 Å². The molecule has 1 atom stereocenters. The van der Waals surface area contributed by atoms with Crippen LogP contribution < -0.4 is 10.6 Å². The van der Waals surface area contributed by atoms with Gasteiger partial charge >= 0.3 is 6.01 Å². The number of anilines is 2. The summed E-state index contributed by atoms with van der Waals surface area (Å²) in [5.41, 5.74) is 3.12. The Kier molecular flexibility index (Phi) is 4.72. The SMILES string of the molecule is O=C1Nc2ccccc2C(c2ccccc2)=N[C@@H]1Nc1nnc(-c2ccccc2F)o1. The highest BCUT2D eigenvalue weighted by Gasteiger charge is 2.27. The molecular formula is C23H16FN5O2. The minimum atomic E-state index is -1.03. The Labute approximate surface area is 176 Å². The van der Waals surface area contributed by atoms with Crippen LogP contribution >= 0.6 is 0 Å². The average molecular weight is 413 g/mol. The number of aliphatic imine (C=N–C) groups is 1. The maximum atomic E-state index is 14.0. The number of carbonyl (C=O) groups excluding carboxylic acids is 1. The van der Waals surface area contributed by atoms with Crippen LogP contribution in [0.4, 0.5) is 16.1 Å². The first-order valence-corrected chi connectivity index (χ1v) is 9.57. The van der Waals surface area contributed by atoms with Crippen LogP contribution in [0.25, 0.3) is 11.5 Å². The maximum absolute atomic E-state index is 14.0. The van der Waals surface area contributed by atoms with E-state index >= 15 is 0 Å². The largest absolute Gasteiger partial charge is 0.403 e. The van der Waals surface area contributed by atoms with Crippen molar-refractivity contribution in [2.75, 3.05) is 10.6 Å². The first kappa shape index (κ1) is 18.7. The first-order chi connectivity index (χ1) is 15.2. The number of aromatic nitrogens is 2. The number of hydrogen-bond acceptors (Lipinski definition) is 6. The lowest BCUT2D eigenvalue weighted by Gasteiger charge is -2.11. The van der Waals surface area contributed by atoms with Gasteiger partial charge in [-0.25, -0.2) is 9.38 Å². The van der Waals surface area contributed by atoms with Crippen LogP contribution in [0, 0.1) is 5.82 Å². The Balaban J connectivity index is 1.51. The van der Waals surface area contributed by atoms with E-state index in [1.165, 1.54) is 12.1 Å². The quantitative estimate of drug-likeness (QED) is 0.525. The predicted octanol–water partition coefficient (Wildman–Crippen LogP) is 4.10. The van der Waals surface area contributed by atoms with Crippen LogP contribution in [0.1, 0.15) is 11.1 Å². The number of benzodiazepines with no additional fused rings is 1. The predicted molar refractivity (Wildman–Crippen MR) is 114 cm³/mol. The van der Waals surface area contributed by atoms with Crippen molar-refractivity contribution >= 4 is 23.3 Å². The van der Waals surface area contributed by atoms with Crippen LogP contribution in [0.5, 0.6) is 0 Å². The number of nitrogens with one attached hydrogen (secondary N) is 2. The lowest BCUT2D eigenvalue weighted by atomic mass is 10.0. The standard InChI is InChI=1S/C23H16FN5O2/c24-17-12-6-4-10-15(17)22-28-29-23(31-22)27-20-21(30)25-18-13-7-5-11-16(18)19(26-20)14-8-2-1-3-9-14/h1-13,20H,(H,25,30)(H,27,29)/t20-/m1/s1. The molecule has 152 valence electrons. The van der Waals surface area contributed by atoms with Crippen molar-refractivity contribution in [1.82, 2.24) is 10.2 Å². The Morgan fingerprint density at radius 3 is 2.39 bits per heavy atom. The van der Waals surface area contributed by atoms with E-state index in [2.05, 4.69) is 25.8 Å². The van der Waals surface area contributed by atoms with Crippen molar-refractivity contribution < 1.29 is 13.6 Å². The fraction of sp³-hybridized carbons (Fsp3) is 0.0435. The highest BCUT2D eigenvalue weighted by molar-refractivity contribution is 6.19. The number of benzene rings is 3. The molecule has 3 aromatic carbocycles. The van der Waals surface area contributed by atoms with Gasteiger partial charge in [-0.3, -0.25) is 4.79 Å². The maximum Gasteiger partial charge on any atom is 0.317 e. The molecule has 1 aliphatic heterocycles. The van der Waals surface area contributed by atoms with Gasteiger partial charge in [-0.15, -0.1) is 5.10 Å². The molecule has 0 bridgehead atoms. The topological polar surface area (TPSA) is 92.4 Å². The number of para-hydroxylation sites is 1. The zero-order chi connectivity index (χ0) is 21.2. The second-order valence-corrected chi connectivity index (χ2v) is 6.82. The zero-order valence-electron chi connectivity index (χ0n) is 16.1. The summed E-state index contributed by atoms with van der Waals surface area (Å²) >= 11 is 0. The van der Waals surface area contributed by atoms with E-state index in [9.17, 15) is 9.18 Å². The second-order valence-electron chi connectivity index (χ2n) is 6.82. The first-order valence-electron chi connectivity index (χ1n) is 9.57. The van der Waals surface area contributed by atoms with E-state index in [-0.39, 0.29) is 23.4 Å². The summed E-state index contributed by atoms with van der Waals surface area (Å²) in [5.74, 6) is -0.862. The van der Waals surface area contributed by atoms with Crippen molar-refractivity contribution in [3.05, 3.63) is 95.8 Å². The third-order valence-corrected chi connectivity index (χ3v) is 4.78. The van der Waals surface area contributed by atoms with Gasteiger partial charge < -0.3 is 15.1 Å². The number of rotatable bonds is 4. The molecule has 0 saturated carbocycles. The smallest absolute Gasteiger partial charge is 0.317 e. The third-order valence-electron chi connectivity index (χ3n) is 4.78. The van der Waals surface area contributed by atoms with Crippen LogP contribution in [0.2, 0.25) is 0 Å². The molecule has 1 aliphatic rings. The lowest BCUT2D eigenvalue weighted by Crippen LogP contribution is -2.32. The normalized spacial score (nSPS) is 15.5. The van der Waals surface area contributed by atoms with Gasteiger partial charge in [0.25, 0.3) is 11.8 Å². The van der Waals surface area contributed by atoms with Gasteiger partial charge in [0.1, 0.15) is 5.82 Å². The van der Waals surface area contributed by atoms with Gasteiger partial charge in [0.05, 0.1) is 17.0 Å². The number of carbonyl (C=O) groups is 1. The summed E-state index contributed by atoms with van der Waals surface area (Å²) in [6, 6.07) is 23.0. The Morgan fingerprint density at radius 2 is 1.58 bits per heavy atom. The summed E-state index contributed by atoms with van der Waals surface area (Å²) in [7, 11) is 0. The summed E-state index contributed by atoms with van der Waals surface area (Å²) < 4.78 is 19.6. The van der Waals surface area contributed by atoms with E-state index in [1.54, 1.807) is 12.1 Å². The molecule has 0 saturated heterocycles. The number of halogens is 1. The number of hydrogen-bond donors (Lipinski definition) is 2. The summed E-state index contributed by atoms with van der Waals surface area (Å²) in [5, 5.41) is 13.5. The minimum absolute atomic E-state index is 0.00480. The Bertz CT molecular complexity index is 1290. The molecule has 0 radical (unpaired) electrons. The van der Waals surface area contributed by atoms with E-state index in [1.807, 2.05) is 54.6 Å². The van der Waals surface area contributed by atoms with E-state index in [0.29, 0.717) is 11.4 Å². The number of nitrogens with zero attached hydrogens (tertiary/aromatic N) is 3. The van der Waals surface area contributed by atoms with Crippen molar-refractivity contribution in [2.45, 2.75) is 6.17 Å². The number of amides is 1. The molecule has 0 aliphatic carbocycles. The van der Waals surface area contributed by atoms with Gasteiger partial charge in [0, 0.05) is 11.1 Å². The molecular weight excluding hydrogens is 397 g/mol. The average Bonchev–Trinajstić information content (AvgIpc) is 3.21. The molecule has 2 N–H and O–H groups in total. The molecule has 4 aromatic rings. The molecule has 0 unspecified atom stereocenters.